The van der Waals surface area contributed by atoms with Gasteiger partial charge in [0.25, 0.3) is 0 Å². The van der Waals surface area contributed by atoms with Crippen LogP contribution in [0.3, 0.4) is 0 Å². The third-order valence-corrected chi connectivity index (χ3v) is 4.55. The molecule has 0 spiro atoms. The summed E-state index contributed by atoms with van der Waals surface area (Å²) in [6.07, 6.45) is 3.79. The van der Waals surface area contributed by atoms with Gasteiger partial charge in [-0.3, -0.25) is 0 Å². The molecule has 1 fully saturated rings. The Hall–Kier alpha value is -1.11. The van der Waals surface area contributed by atoms with Gasteiger partial charge < -0.3 is 14.8 Å². The van der Waals surface area contributed by atoms with E-state index in [1.807, 2.05) is 6.92 Å². The van der Waals surface area contributed by atoms with Crippen LogP contribution in [0.25, 0.3) is 0 Å². The number of benzene rings is 1. The van der Waals surface area contributed by atoms with Crippen molar-refractivity contribution in [3.05, 3.63) is 24.3 Å². The van der Waals surface area contributed by atoms with Crippen LogP contribution in [0.1, 0.15) is 19.8 Å². The molecule has 6 heteroatoms. The fourth-order valence-electron chi connectivity index (χ4n) is 2.29. The molecule has 0 bridgehead atoms. The average Bonchev–Trinajstić information content (AvgIpc) is 2.91. The van der Waals surface area contributed by atoms with E-state index in [9.17, 15) is 8.42 Å². The van der Waals surface area contributed by atoms with Crippen LogP contribution in [0.2, 0.25) is 0 Å². The molecule has 1 aliphatic rings. The molecular formula is C15H23NO4S. The third kappa shape index (κ3) is 5.30. The first kappa shape index (κ1) is 16.3. The van der Waals surface area contributed by atoms with Crippen molar-refractivity contribution in [3.8, 4) is 5.75 Å². The second kappa shape index (κ2) is 7.24. The molecule has 1 aliphatic heterocycles. The van der Waals surface area contributed by atoms with E-state index in [4.69, 9.17) is 9.47 Å². The number of nitrogens with one attached hydrogen (secondary N) is 1. The van der Waals surface area contributed by atoms with Gasteiger partial charge in [0, 0.05) is 26.0 Å². The van der Waals surface area contributed by atoms with Crippen LogP contribution >= 0.6 is 0 Å². The zero-order chi connectivity index (χ0) is 15.3. The maximum atomic E-state index is 11.4. The zero-order valence-electron chi connectivity index (χ0n) is 12.5. The van der Waals surface area contributed by atoms with Crippen LogP contribution < -0.4 is 10.1 Å². The molecular weight excluding hydrogens is 290 g/mol. The lowest BCUT2D eigenvalue weighted by Gasteiger charge is -2.17. The highest BCUT2D eigenvalue weighted by Crippen LogP contribution is 2.17. The summed E-state index contributed by atoms with van der Waals surface area (Å²) in [5, 5.41) is 3.34. The Labute approximate surface area is 126 Å². The minimum Gasteiger partial charge on any atom is -0.489 e. The molecule has 0 aliphatic carbocycles. The largest absolute Gasteiger partial charge is 0.489 e. The minimum atomic E-state index is -3.15. The SMILES string of the molecule is CC(CNCC1CCCO1)Oc1ccc(S(C)(=O)=O)cc1. The lowest BCUT2D eigenvalue weighted by Crippen LogP contribution is -2.34. The van der Waals surface area contributed by atoms with E-state index < -0.39 is 9.84 Å². The maximum Gasteiger partial charge on any atom is 0.175 e. The first-order valence-electron chi connectivity index (χ1n) is 7.24. The molecule has 1 heterocycles. The van der Waals surface area contributed by atoms with E-state index in [1.165, 1.54) is 6.26 Å². The molecule has 21 heavy (non-hydrogen) atoms. The molecule has 2 atom stereocenters. The molecule has 1 N–H and O–H groups in total. The highest BCUT2D eigenvalue weighted by Gasteiger charge is 2.15. The number of ether oxygens (including phenoxy) is 2. The summed E-state index contributed by atoms with van der Waals surface area (Å²) in [4.78, 5) is 0.305. The summed E-state index contributed by atoms with van der Waals surface area (Å²) in [5.74, 6) is 0.675. The Morgan fingerprint density at radius 1 is 1.38 bits per heavy atom. The summed E-state index contributed by atoms with van der Waals surface area (Å²) in [6, 6.07) is 6.51. The van der Waals surface area contributed by atoms with Crippen LogP contribution in [0.15, 0.2) is 29.2 Å². The molecule has 0 radical (unpaired) electrons. The Bertz CT molecular complexity index is 535. The van der Waals surface area contributed by atoms with Crippen LogP contribution in [0.4, 0.5) is 0 Å². The fourth-order valence-corrected chi connectivity index (χ4v) is 2.92. The van der Waals surface area contributed by atoms with Gasteiger partial charge in [-0.05, 0) is 44.0 Å². The van der Waals surface area contributed by atoms with Gasteiger partial charge in [0.05, 0.1) is 11.0 Å². The van der Waals surface area contributed by atoms with E-state index in [2.05, 4.69) is 5.32 Å². The summed E-state index contributed by atoms with van der Waals surface area (Å²) in [5.41, 5.74) is 0. The van der Waals surface area contributed by atoms with Crippen molar-refractivity contribution in [3.63, 3.8) is 0 Å². The number of hydrogen-bond donors (Lipinski definition) is 1. The summed E-state index contributed by atoms with van der Waals surface area (Å²) in [6.45, 7) is 4.42. The molecule has 2 rings (SSSR count). The van der Waals surface area contributed by atoms with Gasteiger partial charge in [0.1, 0.15) is 11.9 Å². The highest BCUT2D eigenvalue weighted by molar-refractivity contribution is 7.90. The molecule has 118 valence electrons. The van der Waals surface area contributed by atoms with Crippen molar-refractivity contribution >= 4 is 9.84 Å². The van der Waals surface area contributed by atoms with Crippen molar-refractivity contribution in [2.75, 3.05) is 26.0 Å². The van der Waals surface area contributed by atoms with Crippen molar-refractivity contribution in [2.45, 2.75) is 36.9 Å². The Balaban J connectivity index is 1.75. The fraction of sp³-hybridized carbons (Fsp3) is 0.600. The van der Waals surface area contributed by atoms with Gasteiger partial charge >= 0.3 is 0 Å². The van der Waals surface area contributed by atoms with Crippen molar-refractivity contribution < 1.29 is 17.9 Å². The second-order valence-electron chi connectivity index (χ2n) is 5.47. The van der Waals surface area contributed by atoms with E-state index in [1.54, 1.807) is 24.3 Å². The van der Waals surface area contributed by atoms with Crippen molar-refractivity contribution in [1.82, 2.24) is 5.32 Å². The van der Waals surface area contributed by atoms with Gasteiger partial charge in [-0.15, -0.1) is 0 Å². The van der Waals surface area contributed by atoms with Gasteiger partial charge in [-0.25, -0.2) is 8.42 Å². The quantitative estimate of drug-likeness (QED) is 0.829. The lowest BCUT2D eigenvalue weighted by molar-refractivity contribution is 0.106. The van der Waals surface area contributed by atoms with Gasteiger partial charge in [-0.2, -0.15) is 0 Å². The van der Waals surface area contributed by atoms with E-state index in [0.717, 1.165) is 32.5 Å². The Morgan fingerprint density at radius 3 is 2.67 bits per heavy atom. The minimum absolute atomic E-state index is 0.00971. The normalized spacial score (nSPS) is 20.4. The number of hydrogen-bond acceptors (Lipinski definition) is 5. The standard InChI is InChI=1S/C15H23NO4S/c1-12(10-16-11-14-4-3-9-19-14)20-13-5-7-15(8-6-13)21(2,17)18/h5-8,12,14,16H,3-4,9-11H2,1-2H3. The molecule has 1 saturated heterocycles. The van der Waals surface area contributed by atoms with Gasteiger partial charge in [0.15, 0.2) is 9.84 Å². The topological polar surface area (TPSA) is 64.6 Å². The maximum absolute atomic E-state index is 11.4. The monoisotopic (exact) mass is 313 g/mol. The van der Waals surface area contributed by atoms with Crippen LogP contribution in [-0.4, -0.2) is 46.6 Å². The summed E-state index contributed by atoms with van der Waals surface area (Å²) < 4.78 is 34.0. The molecule has 1 aromatic rings. The van der Waals surface area contributed by atoms with Crippen molar-refractivity contribution in [1.29, 1.82) is 0 Å². The average molecular weight is 313 g/mol. The van der Waals surface area contributed by atoms with E-state index in [0.29, 0.717) is 16.7 Å². The van der Waals surface area contributed by atoms with Crippen molar-refractivity contribution in [2.24, 2.45) is 0 Å². The first-order chi connectivity index (χ1) is 9.95. The predicted octanol–water partition coefficient (Wildman–Crippen LogP) is 1.63. The van der Waals surface area contributed by atoms with E-state index in [-0.39, 0.29) is 6.10 Å². The van der Waals surface area contributed by atoms with Crippen LogP contribution in [0.5, 0.6) is 5.75 Å². The summed E-state index contributed by atoms with van der Waals surface area (Å²) >= 11 is 0. The van der Waals surface area contributed by atoms with E-state index >= 15 is 0 Å². The molecule has 5 nitrogen and oxygen atoms in total. The number of rotatable bonds is 7. The first-order valence-corrected chi connectivity index (χ1v) is 9.13. The lowest BCUT2D eigenvalue weighted by atomic mass is 10.2. The van der Waals surface area contributed by atoms with Gasteiger partial charge in [0.2, 0.25) is 0 Å². The zero-order valence-corrected chi connectivity index (χ0v) is 13.4. The molecule has 1 aromatic carbocycles. The molecule has 0 aromatic heterocycles. The Morgan fingerprint density at radius 2 is 2.10 bits per heavy atom. The molecule has 0 saturated carbocycles. The molecule has 0 amide bonds. The highest BCUT2D eigenvalue weighted by atomic mass is 32.2. The van der Waals surface area contributed by atoms with Gasteiger partial charge in [-0.1, -0.05) is 0 Å². The molecule has 2 unspecified atom stereocenters. The number of sulfone groups is 1. The van der Waals surface area contributed by atoms with Crippen LogP contribution in [0, 0.1) is 0 Å². The smallest absolute Gasteiger partial charge is 0.175 e. The third-order valence-electron chi connectivity index (χ3n) is 3.42. The predicted molar refractivity (Wildman–Crippen MR) is 81.5 cm³/mol. The second-order valence-corrected chi connectivity index (χ2v) is 7.48. The van der Waals surface area contributed by atoms with Crippen LogP contribution in [-0.2, 0) is 14.6 Å². The summed E-state index contributed by atoms with van der Waals surface area (Å²) in [7, 11) is -3.15. The Kier molecular flexibility index (Phi) is 5.61.